The number of carbonyl (C=O) groups is 1. The lowest BCUT2D eigenvalue weighted by Crippen LogP contribution is -2.60. The minimum Gasteiger partial charge on any atom is -0.394 e. The number of aliphatic hydroxyl groups is 7. The Labute approximate surface area is 428 Å². The van der Waals surface area contributed by atoms with Gasteiger partial charge in [-0.15, -0.1) is 0 Å². The molecular weight excluding hydrogens is 883 g/mol. The maximum absolute atomic E-state index is 13.2. The Bertz CT molecular complexity index is 1280. The summed E-state index contributed by atoms with van der Waals surface area (Å²) < 4.78 is 11.1. The molecule has 1 saturated heterocycles. The molecule has 0 aromatic heterocycles. The highest BCUT2D eigenvalue weighted by atomic mass is 16.7. The van der Waals surface area contributed by atoms with Gasteiger partial charge in [-0.1, -0.05) is 217 Å². The lowest BCUT2D eigenvalue weighted by Gasteiger charge is -2.40. The zero-order valence-electron chi connectivity index (χ0n) is 44.7. The zero-order valence-corrected chi connectivity index (χ0v) is 44.7. The third-order valence-corrected chi connectivity index (χ3v) is 13.8. The second-order valence-corrected chi connectivity index (χ2v) is 20.3. The van der Waals surface area contributed by atoms with E-state index in [9.17, 15) is 40.5 Å². The quantitative estimate of drug-likeness (QED) is 0.0215. The van der Waals surface area contributed by atoms with Crippen molar-refractivity contribution in [2.24, 2.45) is 0 Å². The Morgan fingerprint density at radius 3 is 1.34 bits per heavy atom. The van der Waals surface area contributed by atoms with Gasteiger partial charge in [-0.05, 0) is 83.5 Å². The third kappa shape index (κ3) is 36.1. The number of rotatable bonds is 49. The van der Waals surface area contributed by atoms with Crippen molar-refractivity contribution in [1.82, 2.24) is 5.32 Å². The number of hydrogen-bond acceptors (Lipinski definition) is 10. The van der Waals surface area contributed by atoms with Crippen LogP contribution in [0.2, 0.25) is 0 Å². The van der Waals surface area contributed by atoms with Crippen LogP contribution < -0.4 is 5.32 Å². The molecular formula is C59H109NO10. The van der Waals surface area contributed by atoms with Gasteiger partial charge in [-0.3, -0.25) is 4.79 Å². The second-order valence-electron chi connectivity index (χ2n) is 20.3. The summed E-state index contributed by atoms with van der Waals surface area (Å²) in [5.41, 5.74) is 0. The number of allylic oxidation sites excluding steroid dienone is 8. The highest BCUT2D eigenvalue weighted by Crippen LogP contribution is 2.23. The Morgan fingerprint density at radius 2 is 0.900 bits per heavy atom. The van der Waals surface area contributed by atoms with Crippen molar-refractivity contribution in [2.45, 2.75) is 306 Å². The van der Waals surface area contributed by atoms with Gasteiger partial charge in [0, 0.05) is 0 Å². The number of ether oxygens (including phenoxy) is 2. The number of carbonyl (C=O) groups excluding carboxylic acids is 1. The van der Waals surface area contributed by atoms with E-state index in [0.29, 0.717) is 19.3 Å². The van der Waals surface area contributed by atoms with Gasteiger partial charge >= 0.3 is 0 Å². The molecule has 1 aliphatic rings. The average Bonchev–Trinajstić information content (AvgIpc) is 3.36. The van der Waals surface area contributed by atoms with Gasteiger partial charge in [0.05, 0.1) is 25.4 Å². The Morgan fingerprint density at radius 1 is 0.500 bits per heavy atom. The minimum atomic E-state index is -1.67. The SMILES string of the molecule is CC/C=C/CC/C=C/CC/C=C/CCCC(O)C(O)C(COC1OC(CO)C(O)C(O)C1O)NC(=O)C(O)CCCCCCCCCCCCCCCC/C=C\CCCCCCCCCCCCCC. The molecule has 8 N–H and O–H groups in total. The third-order valence-electron chi connectivity index (χ3n) is 13.8. The molecule has 1 aliphatic heterocycles. The maximum atomic E-state index is 13.2. The van der Waals surface area contributed by atoms with Gasteiger partial charge in [0.1, 0.15) is 36.6 Å². The first-order chi connectivity index (χ1) is 34.2. The predicted molar refractivity (Wildman–Crippen MR) is 288 cm³/mol. The van der Waals surface area contributed by atoms with E-state index in [1.165, 1.54) is 154 Å². The van der Waals surface area contributed by atoms with Crippen LogP contribution in [0.15, 0.2) is 48.6 Å². The minimum absolute atomic E-state index is 0.240. The molecule has 0 radical (unpaired) electrons. The van der Waals surface area contributed by atoms with E-state index in [1.807, 2.05) is 0 Å². The van der Waals surface area contributed by atoms with Crippen molar-refractivity contribution in [1.29, 1.82) is 0 Å². The van der Waals surface area contributed by atoms with Crippen molar-refractivity contribution in [2.75, 3.05) is 13.2 Å². The van der Waals surface area contributed by atoms with Crippen molar-refractivity contribution in [3.8, 4) is 0 Å². The van der Waals surface area contributed by atoms with Gasteiger partial charge in [-0.25, -0.2) is 0 Å². The van der Waals surface area contributed by atoms with Crippen LogP contribution in [-0.2, 0) is 14.3 Å². The summed E-state index contributed by atoms with van der Waals surface area (Å²) in [6, 6.07) is -1.19. The van der Waals surface area contributed by atoms with Crippen molar-refractivity contribution >= 4 is 5.91 Å². The summed E-state index contributed by atoms with van der Waals surface area (Å²) in [7, 11) is 0. The molecule has 410 valence electrons. The lowest BCUT2D eigenvalue weighted by molar-refractivity contribution is -0.303. The Hall–Kier alpha value is -1.93. The first-order valence-electron chi connectivity index (χ1n) is 29.0. The van der Waals surface area contributed by atoms with Gasteiger partial charge < -0.3 is 50.5 Å². The average molecular weight is 993 g/mol. The zero-order chi connectivity index (χ0) is 51.1. The molecule has 1 heterocycles. The van der Waals surface area contributed by atoms with E-state index in [0.717, 1.165) is 51.4 Å². The standard InChI is InChI=1S/C59H109NO10/c1-3-5-7-9-11-13-15-17-18-19-20-21-22-23-24-25-26-27-28-29-30-31-32-33-35-37-39-41-43-45-47-52(63)58(68)60-50(49-69-59-57(67)56(66)55(65)53(48-61)70-59)54(64)51(62)46-44-42-40-38-36-34-16-14-12-10-8-6-4-2/h6,8,14,16,23-24,38,40,50-57,59,61-67H,3-5,7,9-13,15,17-22,25-37,39,41-49H2,1-2H3,(H,60,68)/b8-6+,16-14+,24-23-,40-38+. The molecule has 0 aromatic carbocycles. The lowest BCUT2D eigenvalue weighted by atomic mass is 9.98. The van der Waals surface area contributed by atoms with E-state index in [2.05, 4.69) is 67.8 Å². The molecule has 9 unspecified atom stereocenters. The van der Waals surface area contributed by atoms with Crippen molar-refractivity contribution in [3.05, 3.63) is 48.6 Å². The summed E-state index contributed by atoms with van der Waals surface area (Å²) in [6.45, 7) is 3.33. The van der Waals surface area contributed by atoms with E-state index >= 15 is 0 Å². The number of nitrogens with one attached hydrogen (secondary N) is 1. The highest BCUT2D eigenvalue weighted by molar-refractivity contribution is 5.80. The maximum Gasteiger partial charge on any atom is 0.249 e. The van der Waals surface area contributed by atoms with Crippen LogP contribution >= 0.6 is 0 Å². The molecule has 0 aromatic rings. The van der Waals surface area contributed by atoms with Crippen LogP contribution in [0.3, 0.4) is 0 Å². The molecule has 0 saturated carbocycles. The number of unbranched alkanes of at least 4 members (excludes halogenated alkanes) is 29. The normalized spacial score (nSPS) is 20.6. The van der Waals surface area contributed by atoms with Crippen LogP contribution in [0.1, 0.15) is 251 Å². The first-order valence-corrected chi connectivity index (χ1v) is 29.0. The summed E-state index contributed by atoms with van der Waals surface area (Å²) in [4.78, 5) is 13.2. The topological polar surface area (TPSA) is 189 Å². The molecule has 9 atom stereocenters. The van der Waals surface area contributed by atoms with Gasteiger partial charge in [-0.2, -0.15) is 0 Å². The van der Waals surface area contributed by atoms with E-state index in [4.69, 9.17) is 9.47 Å². The van der Waals surface area contributed by atoms with Gasteiger partial charge in [0.15, 0.2) is 6.29 Å². The summed E-state index contributed by atoms with van der Waals surface area (Å²) in [5, 5.41) is 75.9. The fourth-order valence-corrected chi connectivity index (χ4v) is 9.12. The fourth-order valence-electron chi connectivity index (χ4n) is 9.12. The van der Waals surface area contributed by atoms with E-state index in [1.54, 1.807) is 0 Å². The predicted octanol–water partition coefficient (Wildman–Crippen LogP) is 12.1. The van der Waals surface area contributed by atoms with E-state index < -0.39 is 74.2 Å². The highest BCUT2D eigenvalue weighted by Gasteiger charge is 2.44. The summed E-state index contributed by atoms with van der Waals surface area (Å²) >= 11 is 0. The first kappa shape index (κ1) is 66.1. The van der Waals surface area contributed by atoms with Crippen LogP contribution in [-0.4, -0.2) is 110 Å². The van der Waals surface area contributed by atoms with Crippen molar-refractivity contribution < 1.29 is 50.0 Å². The van der Waals surface area contributed by atoms with E-state index in [-0.39, 0.29) is 12.8 Å². The Balaban J connectivity index is 2.23. The molecule has 11 heteroatoms. The molecule has 1 rings (SSSR count). The van der Waals surface area contributed by atoms with Crippen LogP contribution in [0, 0.1) is 0 Å². The monoisotopic (exact) mass is 992 g/mol. The molecule has 0 aliphatic carbocycles. The molecule has 0 bridgehead atoms. The summed E-state index contributed by atoms with van der Waals surface area (Å²) in [5.74, 6) is -0.712. The van der Waals surface area contributed by atoms with Gasteiger partial charge in [0.2, 0.25) is 5.91 Å². The van der Waals surface area contributed by atoms with Crippen molar-refractivity contribution in [3.63, 3.8) is 0 Å². The van der Waals surface area contributed by atoms with Crippen LogP contribution in [0.4, 0.5) is 0 Å². The second kappa shape index (κ2) is 48.0. The molecule has 0 spiro atoms. The molecule has 1 amide bonds. The Kier molecular flexibility index (Phi) is 45.3. The molecule has 1 fully saturated rings. The fraction of sp³-hybridized carbons (Fsp3) is 0.847. The number of hydrogen-bond donors (Lipinski definition) is 8. The summed E-state index contributed by atoms with van der Waals surface area (Å²) in [6.07, 6.45) is 49.1. The van der Waals surface area contributed by atoms with Crippen LogP contribution in [0.5, 0.6) is 0 Å². The van der Waals surface area contributed by atoms with Crippen LogP contribution in [0.25, 0.3) is 0 Å². The van der Waals surface area contributed by atoms with Gasteiger partial charge in [0.25, 0.3) is 0 Å². The smallest absolute Gasteiger partial charge is 0.249 e. The molecule has 70 heavy (non-hydrogen) atoms. The number of aliphatic hydroxyl groups excluding tert-OH is 7. The number of amides is 1. The largest absolute Gasteiger partial charge is 0.394 e. The molecule has 11 nitrogen and oxygen atoms in total.